The summed E-state index contributed by atoms with van der Waals surface area (Å²) in [6, 6.07) is 6.27. The molecule has 1 aliphatic rings. The van der Waals surface area contributed by atoms with Gasteiger partial charge in [-0.15, -0.1) is 0 Å². The van der Waals surface area contributed by atoms with Gasteiger partial charge in [-0.25, -0.2) is 0 Å². The number of ether oxygens (including phenoxy) is 1. The molecular weight excluding hydrogens is 252 g/mol. The van der Waals surface area contributed by atoms with Crippen LogP contribution in [0.4, 0.5) is 0 Å². The van der Waals surface area contributed by atoms with Crippen LogP contribution >= 0.6 is 0 Å². The van der Waals surface area contributed by atoms with Gasteiger partial charge in [-0.3, -0.25) is 4.79 Å². The van der Waals surface area contributed by atoms with Crippen LogP contribution in [0.1, 0.15) is 56.6 Å². The molecule has 0 spiro atoms. The number of carboxylic acid groups (broad SMARTS) is 1. The lowest BCUT2D eigenvalue weighted by Gasteiger charge is -2.22. The first-order chi connectivity index (χ1) is 9.44. The molecule has 110 valence electrons. The predicted molar refractivity (Wildman–Crippen MR) is 79.3 cm³/mol. The largest absolute Gasteiger partial charge is 0.496 e. The first-order valence-corrected chi connectivity index (χ1v) is 7.34. The molecular formula is C17H24O3. The number of rotatable bonds is 5. The Balaban J connectivity index is 2.29. The van der Waals surface area contributed by atoms with Crippen LogP contribution < -0.4 is 4.74 Å². The van der Waals surface area contributed by atoms with Crippen molar-refractivity contribution in [1.82, 2.24) is 0 Å². The molecule has 0 aliphatic heterocycles. The maximum Gasteiger partial charge on any atom is 0.309 e. The van der Waals surface area contributed by atoms with Crippen molar-refractivity contribution < 1.29 is 14.6 Å². The van der Waals surface area contributed by atoms with Crippen molar-refractivity contribution in [3.8, 4) is 5.75 Å². The third-order valence-corrected chi connectivity index (χ3v) is 4.34. The Labute approximate surface area is 121 Å². The zero-order valence-electron chi connectivity index (χ0n) is 12.6. The van der Waals surface area contributed by atoms with Crippen LogP contribution in [-0.4, -0.2) is 18.2 Å². The normalized spacial score (nSPS) is 16.4. The standard InChI is InChI=1S/C17H24O3/c1-17(2,16(18)19)11-14-10-13(8-9-15(14)20-3)12-6-4-5-7-12/h8-10,12H,4-7,11H2,1-3H3,(H,18,19). The van der Waals surface area contributed by atoms with Gasteiger partial charge in [-0.05, 0) is 56.2 Å². The average molecular weight is 276 g/mol. The van der Waals surface area contributed by atoms with Gasteiger partial charge in [-0.2, -0.15) is 0 Å². The molecule has 0 heterocycles. The third-order valence-electron chi connectivity index (χ3n) is 4.34. The SMILES string of the molecule is COc1ccc(C2CCCC2)cc1CC(C)(C)C(=O)O. The van der Waals surface area contributed by atoms with Crippen LogP contribution in [0.15, 0.2) is 18.2 Å². The van der Waals surface area contributed by atoms with Crippen molar-refractivity contribution in [2.75, 3.05) is 7.11 Å². The van der Waals surface area contributed by atoms with E-state index in [1.165, 1.54) is 31.2 Å². The number of hydrogen-bond donors (Lipinski definition) is 1. The minimum atomic E-state index is -0.776. The van der Waals surface area contributed by atoms with Gasteiger partial charge in [0, 0.05) is 0 Å². The van der Waals surface area contributed by atoms with Crippen LogP contribution in [0, 0.1) is 5.41 Å². The van der Waals surface area contributed by atoms with Crippen LogP contribution in [-0.2, 0) is 11.2 Å². The molecule has 1 fully saturated rings. The van der Waals surface area contributed by atoms with Crippen LogP contribution in [0.2, 0.25) is 0 Å². The monoisotopic (exact) mass is 276 g/mol. The topological polar surface area (TPSA) is 46.5 Å². The van der Waals surface area contributed by atoms with Gasteiger partial charge in [0.1, 0.15) is 5.75 Å². The van der Waals surface area contributed by atoms with Crippen LogP contribution in [0.5, 0.6) is 5.75 Å². The lowest BCUT2D eigenvalue weighted by Crippen LogP contribution is -2.26. The second-order valence-corrected chi connectivity index (χ2v) is 6.42. The minimum absolute atomic E-state index is 0.492. The molecule has 2 rings (SSSR count). The molecule has 0 unspecified atom stereocenters. The fourth-order valence-electron chi connectivity index (χ4n) is 3.00. The third kappa shape index (κ3) is 3.14. The summed E-state index contributed by atoms with van der Waals surface area (Å²) >= 11 is 0. The summed E-state index contributed by atoms with van der Waals surface area (Å²) in [7, 11) is 1.64. The van der Waals surface area contributed by atoms with Crippen molar-refractivity contribution in [3.63, 3.8) is 0 Å². The molecule has 3 heteroatoms. The lowest BCUT2D eigenvalue weighted by atomic mass is 9.84. The zero-order chi connectivity index (χ0) is 14.8. The molecule has 3 nitrogen and oxygen atoms in total. The molecule has 0 aromatic heterocycles. The van der Waals surface area contributed by atoms with Crippen molar-refractivity contribution >= 4 is 5.97 Å². The van der Waals surface area contributed by atoms with Gasteiger partial charge in [0.15, 0.2) is 0 Å². The van der Waals surface area contributed by atoms with Gasteiger partial charge < -0.3 is 9.84 Å². The van der Waals surface area contributed by atoms with Crippen molar-refractivity contribution in [2.24, 2.45) is 5.41 Å². The minimum Gasteiger partial charge on any atom is -0.496 e. The second-order valence-electron chi connectivity index (χ2n) is 6.42. The molecule has 0 amide bonds. The number of carboxylic acids is 1. The molecule has 1 saturated carbocycles. The van der Waals surface area contributed by atoms with E-state index in [1.54, 1.807) is 21.0 Å². The number of hydrogen-bond acceptors (Lipinski definition) is 2. The number of aliphatic carboxylic acids is 1. The van der Waals surface area contributed by atoms with Crippen molar-refractivity contribution in [1.29, 1.82) is 0 Å². The van der Waals surface area contributed by atoms with Gasteiger partial charge in [-0.1, -0.05) is 25.0 Å². The number of carbonyl (C=O) groups is 1. The van der Waals surface area contributed by atoms with Gasteiger partial charge >= 0.3 is 5.97 Å². The number of methoxy groups -OCH3 is 1. The van der Waals surface area contributed by atoms with E-state index in [2.05, 4.69) is 12.1 Å². The smallest absolute Gasteiger partial charge is 0.309 e. The van der Waals surface area contributed by atoms with E-state index in [1.807, 2.05) is 6.07 Å². The average Bonchev–Trinajstić information content (AvgIpc) is 2.92. The Morgan fingerprint density at radius 2 is 2.00 bits per heavy atom. The highest BCUT2D eigenvalue weighted by Crippen LogP contribution is 2.37. The number of benzene rings is 1. The molecule has 0 radical (unpaired) electrons. The van der Waals surface area contributed by atoms with Crippen molar-refractivity contribution in [2.45, 2.75) is 51.9 Å². The van der Waals surface area contributed by atoms with E-state index < -0.39 is 11.4 Å². The van der Waals surface area contributed by atoms with E-state index in [-0.39, 0.29) is 0 Å². The summed E-state index contributed by atoms with van der Waals surface area (Å²) in [5.41, 5.74) is 1.56. The molecule has 1 N–H and O–H groups in total. The maximum absolute atomic E-state index is 11.3. The predicted octanol–water partition coefficient (Wildman–Crippen LogP) is 4.01. The maximum atomic E-state index is 11.3. The van der Waals surface area contributed by atoms with Gasteiger partial charge in [0.2, 0.25) is 0 Å². The summed E-state index contributed by atoms with van der Waals surface area (Å²) in [5, 5.41) is 9.31. The van der Waals surface area contributed by atoms with E-state index in [0.29, 0.717) is 12.3 Å². The van der Waals surface area contributed by atoms with E-state index in [4.69, 9.17) is 4.74 Å². The Kier molecular flexibility index (Phi) is 4.36. The molecule has 1 aromatic carbocycles. The van der Waals surface area contributed by atoms with Gasteiger partial charge in [0.25, 0.3) is 0 Å². The molecule has 0 bridgehead atoms. The summed E-state index contributed by atoms with van der Waals surface area (Å²) < 4.78 is 5.40. The Hall–Kier alpha value is -1.51. The zero-order valence-corrected chi connectivity index (χ0v) is 12.6. The van der Waals surface area contributed by atoms with E-state index in [0.717, 1.165) is 11.3 Å². The van der Waals surface area contributed by atoms with Gasteiger partial charge in [0.05, 0.1) is 12.5 Å². The highest BCUT2D eigenvalue weighted by atomic mass is 16.5. The van der Waals surface area contributed by atoms with Crippen LogP contribution in [0.3, 0.4) is 0 Å². The summed E-state index contributed by atoms with van der Waals surface area (Å²) in [5.74, 6) is 0.652. The lowest BCUT2D eigenvalue weighted by molar-refractivity contribution is -0.146. The first-order valence-electron chi connectivity index (χ1n) is 7.34. The van der Waals surface area contributed by atoms with E-state index in [9.17, 15) is 9.90 Å². The second kappa shape index (κ2) is 5.86. The summed E-state index contributed by atoms with van der Waals surface area (Å²) in [6.07, 6.45) is 5.58. The van der Waals surface area contributed by atoms with E-state index >= 15 is 0 Å². The Morgan fingerprint density at radius 1 is 1.35 bits per heavy atom. The molecule has 1 aliphatic carbocycles. The highest BCUT2D eigenvalue weighted by molar-refractivity contribution is 5.74. The summed E-state index contributed by atoms with van der Waals surface area (Å²) in [6.45, 7) is 3.52. The fourth-order valence-corrected chi connectivity index (χ4v) is 3.00. The summed E-state index contributed by atoms with van der Waals surface area (Å²) in [4.78, 5) is 11.3. The highest BCUT2D eigenvalue weighted by Gasteiger charge is 2.29. The fraction of sp³-hybridized carbons (Fsp3) is 0.588. The Bertz CT molecular complexity index is 485. The molecule has 0 saturated heterocycles. The van der Waals surface area contributed by atoms with Crippen LogP contribution in [0.25, 0.3) is 0 Å². The molecule has 1 aromatic rings. The van der Waals surface area contributed by atoms with Crippen molar-refractivity contribution in [3.05, 3.63) is 29.3 Å². The molecule has 0 atom stereocenters. The first kappa shape index (κ1) is 14.9. The Morgan fingerprint density at radius 3 is 2.55 bits per heavy atom. The quantitative estimate of drug-likeness (QED) is 0.884. The molecule has 20 heavy (non-hydrogen) atoms.